The minimum absolute atomic E-state index is 0.00942. The van der Waals surface area contributed by atoms with Crippen molar-refractivity contribution in [3.8, 4) is 0 Å². The van der Waals surface area contributed by atoms with Crippen molar-refractivity contribution in [3.63, 3.8) is 0 Å². The van der Waals surface area contributed by atoms with Gasteiger partial charge in [0.15, 0.2) is 0 Å². The first-order valence-corrected chi connectivity index (χ1v) is 4.17. The number of aliphatic hydroxyl groups excluding tert-OH is 1. The molecule has 2 heteroatoms. The lowest BCUT2D eigenvalue weighted by Gasteiger charge is -1.99. The summed E-state index contributed by atoms with van der Waals surface area (Å²) in [7, 11) is 0. The molecule has 13 heavy (non-hydrogen) atoms. The molecule has 1 aromatic carbocycles. The Hall–Kier alpha value is -1.15. The average Bonchev–Trinajstić information content (AvgIpc) is 2.11. The maximum Gasteiger partial charge on any atom is 0.126 e. The average molecular weight is 180 g/mol. The second kappa shape index (κ2) is 4.19. The molecule has 0 aliphatic rings. The summed E-state index contributed by atoms with van der Waals surface area (Å²) in [6.45, 7) is 3.54. The fourth-order valence-electron chi connectivity index (χ4n) is 1.03. The maximum atomic E-state index is 13.0. The molecule has 1 rings (SSSR count). The standard InChI is InChI=1S/C11H13FO/c1-8(7-13)5-10-4-3-9(2)11(12)6-10/h3-6,13H,7H2,1-2H3. The number of hydrogen-bond acceptors (Lipinski definition) is 1. The molecule has 0 aliphatic heterocycles. The summed E-state index contributed by atoms with van der Waals surface area (Å²) in [6, 6.07) is 5.03. The summed E-state index contributed by atoms with van der Waals surface area (Å²) in [4.78, 5) is 0. The zero-order valence-electron chi connectivity index (χ0n) is 7.84. The van der Waals surface area contributed by atoms with Gasteiger partial charge in [-0.1, -0.05) is 18.2 Å². The van der Waals surface area contributed by atoms with Crippen LogP contribution < -0.4 is 0 Å². The van der Waals surface area contributed by atoms with Crippen LogP contribution in [0.5, 0.6) is 0 Å². The van der Waals surface area contributed by atoms with Crippen LogP contribution in [0.4, 0.5) is 4.39 Å². The smallest absolute Gasteiger partial charge is 0.126 e. The van der Waals surface area contributed by atoms with Crippen LogP contribution in [-0.4, -0.2) is 11.7 Å². The maximum absolute atomic E-state index is 13.0. The number of hydrogen-bond donors (Lipinski definition) is 1. The predicted octanol–water partition coefficient (Wildman–Crippen LogP) is 2.53. The third-order valence-corrected chi connectivity index (χ3v) is 1.86. The predicted molar refractivity (Wildman–Crippen MR) is 51.9 cm³/mol. The van der Waals surface area contributed by atoms with E-state index in [1.807, 2.05) is 6.07 Å². The highest BCUT2D eigenvalue weighted by molar-refractivity contribution is 5.53. The molecule has 0 radical (unpaired) electrons. The monoisotopic (exact) mass is 180 g/mol. The van der Waals surface area contributed by atoms with E-state index in [2.05, 4.69) is 0 Å². The van der Waals surface area contributed by atoms with Gasteiger partial charge in [0.05, 0.1) is 6.61 Å². The highest BCUT2D eigenvalue weighted by Crippen LogP contribution is 2.12. The first-order valence-electron chi connectivity index (χ1n) is 4.17. The topological polar surface area (TPSA) is 20.2 Å². The summed E-state index contributed by atoms with van der Waals surface area (Å²) in [5.74, 6) is -0.209. The highest BCUT2D eigenvalue weighted by Gasteiger charge is 1.97. The Balaban J connectivity index is 2.98. The SMILES string of the molecule is CC(=Cc1ccc(C)c(F)c1)CO. The Morgan fingerprint density at radius 1 is 1.54 bits per heavy atom. The Bertz CT molecular complexity index is 329. The van der Waals surface area contributed by atoms with Crippen LogP contribution in [0, 0.1) is 12.7 Å². The van der Waals surface area contributed by atoms with E-state index in [-0.39, 0.29) is 12.4 Å². The summed E-state index contributed by atoms with van der Waals surface area (Å²) in [5, 5.41) is 8.76. The number of aliphatic hydroxyl groups is 1. The fraction of sp³-hybridized carbons (Fsp3) is 0.273. The van der Waals surface area contributed by atoms with E-state index < -0.39 is 0 Å². The van der Waals surface area contributed by atoms with Gasteiger partial charge >= 0.3 is 0 Å². The molecule has 1 nitrogen and oxygen atoms in total. The molecule has 0 spiro atoms. The normalized spacial score (nSPS) is 11.8. The lowest BCUT2D eigenvalue weighted by molar-refractivity contribution is 0.332. The van der Waals surface area contributed by atoms with Crippen molar-refractivity contribution in [1.82, 2.24) is 0 Å². The van der Waals surface area contributed by atoms with Gasteiger partial charge in [-0.3, -0.25) is 0 Å². The summed E-state index contributed by atoms with van der Waals surface area (Å²) in [6.07, 6.45) is 1.77. The van der Waals surface area contributed by atoms with Crippen molar-refractivity contribution in [2.24, 2.45) is 0 Å². The number of halogens is 1. The third kappa shape index (κ3) is 2.67. The van der Waals surface area contributed by atoms with Crippen LogP contribution in [-0.2, 0) is 0 Å². The molecular formula is C11H13FO. The van der Waals surface area contributed by atoms with Gasteiger partial charge in [0.25, 0.3) is 0 Å². The van der Waals surface area contributed by atoms with Gasteiger partial charge in [-0.2, -0.15) is 0 Å². The van der Waals surface area contributed by atoms with E-state index in [1.54, 1.807) is 26.0 Å². The molecule has 0 aromatic heterocycles. The molecular weight excluding hydrogens is 167 g/mol. The van der Waals surface area contributed by atoms with Crippen molar-refractivity contribution in [2.45, 2.75) is 13.8 Å². The molecule has 1 N–H and O–H groups in total. The largest absolute Gasteiger partial charge is 0.392 e. The van der Waals surface area contributed by atoms with Crippen LogP contribution in [0.3, 0.4) is 0 Å². The molecule has 0 amide bonds. The molecule has 70 valence electrons. The Labute approximate surface area is 77.5 Å². The van der Waals surface area contributed by atoms with E-state index in [0.717, 1.165) is 11.1 Å². The number of aryl methyl sites for hydroxylation is 1. The van der Waals surface area contributed by atoms with Crippen LogP contribution >= 0.6 is 0 Å². The number of rotatable bonds is 2. The molecule has 0 saturated carbocycles. The van der Waals surface area contributed by atoms with Crippen LogP contribution in [0.2, 0.25) is 0 Å². The van der Waals surface area contributed by atoms with E-state index in [1.165, 1.54) is 6.07 Å². The zero-order valence-corrected chi connectivity index (χ0v) is 7.84. The third-order valence-electron chi connectivity index (χ3n) is 1.86. The minimum atomic E-state index is -0.209. The minimum Gasteiger partial charge on any atom is -0.392 e. The van der Waals surface area contributed by atoms with Crippen LogP contribution in [0.15, 0.2) is 23.8 Å². The van der Waals surface area contributed by atoms with Gasteiger partial charge in [-0.25, -0.2) is 4.39 Å². The van der Waals surface area contributed by atoms with Gasteiger partial charge in [-0.05, 0) is 36.6 Å². The van der Waals surface area contributed by atoms with Crippen LogP contribution in [0.25, 0.3) is 6.08 Å². The van der Waals surface area contributed by atoms with E-state index in [4.69, 9.17) is 5.11 Å². The fourth-order valence-corrected chi connectivity index (χ4v) is 1.03. The Morgan fingerprint density at radius 3 is 2.77 bits per heavy atom. The van der Waals surface area contributed by atoms with Gasteiger partial charge in [0, 0.05) is 0 Å². The molecule has 0 bridgehead atoms. The second-order valence-electron chi connectivity index (χ2n) is 3.16. The molecule has 0 fully saturated rings. The first-order chi connectivity index (χ1) is 6.13. The van der Waals surface area contributed by atoms with Crippen molar-refractivity contribution < 1.29 is 9.50 Å². The zero-order chi connectivity index (χ0) is 9.84. The summed E-state index contributed by atoms with van der Waals surface area (Å²) in [5.41, 5.74) is 2.25. The Kier molecular flexibility index (Phi) is 3.20. The molecule has 1 aromatic rings. The molecule has 0 aliphatic carbocycles. The van der Waals surface area contributed by atoms with Gasteiger partial charge in [-0.15, -0.1) is 0 Å². The van der Waals surface area contributed by atoms with E-state index >= 15 is 0 Å². The van der Waals surface area contributed by atoms with E-state index in [0.29, 0.717) is 5.56 Å². The molecule has 0 unspecified atom stereocenters. The summed E-state index contributed by atoms with van der Waals surface area (Å²) < 4.78 is 13.0. The van der Waals surface area contributed by atoms with Gasteiger partial charge in [0.2, 0.25) is 0 Å². The first kappa shape index (κ1) is 9.93. The van der Waals surface area contributed by atoms with Gasteiger partial charge < -0.3 is 5.11 Å². The summed E-state index contributed by atoms with van der Waals surface area (Å²) >= 11 is 0. The van der Waals surface area contributed by atoms with Gasteiger partial charge in [0.1, 0.15) is 5.82 Å². The molecule has 0 atom stereocenters. The molecule has 0 heterocycles. The quantitative estimate of drug-likeness (QED) is 0.741. The Morgan fingerprint density at radius 2 is 2.23 bits per heavy atom. The molecule has 0 saturated heterocycles. The van der Waals surface area contributed by atoms with Crippen molar-refractivity contribution in [1.29, 1.82) is 0 Å². The second-order valence-corrected chi connectivity index (χ2v) is 3.16. The van der Waals surface area contributed by atoms with Crippen LogP contribution in [0.1, 0.15) is 18.1 Å². The van der Waals surface area contributed by atoms with Crippen molar-refractivity contribution in [3.05, 3.63) is 40.7 Å². The van der Waals surface area contributed by atoms with Crippen molar-refractivity contribution >= 4 is 6.08 Å². The van der Waals surface area contributed by atoms with E-state index in [9.17, 15) is 4.39 Å². The number of benzene rings is 1. The van der Waals surface area contributed by atoms with Crippen molar-refractivity contribution in [2.75, 3.05) is 6.61 Å². The highest BCUT2D eigenvalue weighted by atomic mass is 19.1. The lowest BCUT2D eigenvalue weighted by atomic mass is 10.1. The lowest BCUT2D eigenvalue weighted by Crippen LogP contribution is -1.86.